The average Bonchev–Trinajstić information content (AvgIpc) is 2.11. The van der Waals surface area contributed by atoms with Crippen LogP contribution in [-0.2, 0) is 4.74 Å². The third kappa shape index (κ3) is 2.11. The van der Waals surface area contributed by atoms with Gasteiger partial charge in [0.05, 0.1) is 11.3 Å². The topological polar surface area (TPSA) is 82.3 Å². The highest BCUT2D eigenvalue weighted by Crippen LogP contribution is 2.21. The summed E-state index contributed by atoms with van der Waals surface area (Å²) in [7, 11) is 0. The molecule has 1 unspecified atom stereocenters. The van der Waals surface area contributed by atoms with E-state index in [1.54, 1.807) is 6.92 Å². The van der Waals surface area contributed by atoms with Crippen molar-refractivity contribution in [2.24, 2.45) is 4.99 Å². The Labute approximate surface area is 80.7 Å². The van der Waals surface area contributed by atoms with Gasteiger partial charge in [0.1, 0.15) is 18.3 Å². The summed E-state index contributed by atoms with van der Waals surface area (Å²) >= 11 is 4.34. The van der Waals surface area contributed by atoms with Gasteiger partial charge in [-0.15, -0.1) is 0 Å². The summed E-state index contributed by atoms with van der Waals surface area (Å²) in [6.07, 6.45) is -5.16. The van der Waals surface area contributed by atoms with E-state index < -0.39 is 30.6 Å². The van der Waals surface area contributed by atoms with Gasteiger partial charge in [0, 0.05) is 0 Å². The van der Waals surface area contributed by atoms with Crippen molar-refractivity contribution < 1.29 is 20.1 Å². The second kappa shape index (κ2) is 4.23. The molecule has 1 aliphatic heterocycles. The number of ether oxygens (including phenoxy) is 1. The third-order valence-corrected chi connectivity index (χ3v) is 2.11. The normalized spacial score (nSPS) is 45.4. The van der Waals surface area contributed by atoms with Crippen LogP contribution >= 0.6 is 12.2 Å². The smallest absolute Gasteiger partial charge is 0.186 e. The monoisotopic (exact) mass is 205 g/mol. The molecular formula is C7H11NO4S. The first kappa shape index (κ1) is 10.7. The molecule has 74 valence electrons. The number of aliphatic hydroxyl groups excluding tert-OH is 3. The largest absolute Gasteiger partial charge is 0.388 e. The maximum absolute atomic E-state index is 9.34. The van der Waals surface area contributed by atoms with Crippen molar-refractivity contribution in [2.75, 3.05) is 0 Å². The first-order chi connectivity index (χ1) is 6.07. The highest BCUT2D eigenvalue weighted by atomic mass is 32.1. The Hall–Kier alpha value is -0.360. The van der Waals surface area contributed by atoms with Gasteiger partial charge in [-0.25, -0.2) is 0 Å². The summed E-state index contributed by atoms with van der Waals surface area (Å²) in [6, 6.07) is 0. The zero-order chi connectivity index (χ0) is 10.0. The molecule has 0 aliphatic carbocycles. The van der Waals surface area contributed by atoms with E-state index in [0.29, 0.717) is 0 Å². The summed E-state index contributed by atoms with van der Waals surface area (Å²) in [5, 5.41) is 30.0. The minimum absolute atomic E-state index is 0.588. The Balaban J connectivity index is 2.75. The van der Waals surface area contributed by atoms with Gasteiger partial charge in [0.15, 0.2) is 6.23 Å². The van der Waals surface area contributed by atoms with Gasteiger partial charge in [0.2, 0.25) is 0 Å². The standard InChI is InChI=1S/C7H11NO4S/c1-3-4(9)5(10)6(11)7(12-3)8-2-13/h3-7,9-11H,1H3/t3-,4-,5+,6+,7?/m0/s1. The molecule has 13 heavy (non-hydrogen) atoms. The molecule has 6 heteroatoms. The summed E-state index contributed by atoms with van der Waals surface area (Å²) in [6.45, 7) is 1.58. The Morgan fingerprint density at radius 1 is 1.23 bits per heavy atom. The van der Waals surface area contributed by atoms with Gasteiger partial charge in [-0.2, -0.15) is 4.99 Å². The molecule has 0 aromatic heterocycles. The first-order valence-electron chi connectivity index (χ1n) is 3.84. The third-order valence-electron chi connectivity index (χ3n) is 2.01. The van der Waals surface area contributed by atoms with E-state index in [9.17, 15) is 15.3 Å². The van der Waals surface area contributed by atoms with Crippen molar-refractivity contribution in [3.63, 3.8) is 0 Å². The molecule has 1 heterocycles. The van der Waals surface area contributed by atoms with Crippen LogP contribution in [0.2, 0.25) is 0 Å². The number of hydrogen-bond donors (Lipinski definition) is 3. The Bertz CT molecular complexity index is 231. The lowest BCUT2D eigenvalue weighted by Crippen LogP contribution is -2.55. The summed E-state index contributed by atoms with van der Waals surface area (Å²) in [4.78, 5) is 3.52. The van der Waals surface area contributed by atoms with Gasteiger partial charge in [-0.05, 0) is 19.1 Å². The molecule has 0 radical (unpaired) electrons. The Morgan fingerprint density at radius 3 is 2.38 bits per heavy atom. The number of thiocarbonyl (C=S) groups is 1. The highest BCUT2D eigenvalue weighted by molar-refractivity contribution is 7.78. The first-order valence-corrected chi connectivity index (χ1v) is 4.25. The van der Waals surface area contributed by atoms with Gasteiger partial charge < -0.3 is 20.1 Å². The van der Waals surface area contributed by atoms with Gasteiger partial charge in [-0.3, -0.25) is 0 Å². The fourth-order valence-electron chi connectivity index (χ4n) is 1.19. The van der Waals surface area contributed by atoms with Crippen molar-refractivity contribution >= 4 is 17.4 Å². The van der Waals surface area contributed by atoms with Crippen molar-refractivity contribution in [1.29, 1.82) is 0 Å². The molecule has 1 fully saturated rings. The SMILES string of the molecule is C[C@@H]1OC(N=C=S)[C@H](O)[C@H](O)[C@H]1O. The predicted molar refractivity (Wildman–Crippen MR) is 47.4 cm³/mol. The maximum atomic E-state index is 9.34. The molecule has 0 saturated carbocycles. The lowest BCUT2D eigenvalue weighted by Gasteiger charge is -2.36. The second-order valence-electron chi connectivity index (χ2n) is 2.92. The van der Waals surface area contributed by atoms with Crippen LogP contribution in [0, 0.1) is 0 Å². The minimum Gasteiger partial charge on any atom is -0.388 e. The van der Waals surface area contributed by atoms with Crippen molar-refractivity contribution in [3.05, 3.63) is 0 Å². The molecule has 5 nitrogen and oxygen atoms in total. The number of aliphatic hydroxyl groups is 3. The zero-order valence-corrected chi connectivity index (χ0v) is 7.81. The van der Waals surface area contributed by atoms with E-state index in [0.717, 1.165) is 0 Å². The fraction of sp³-hybridized carbons (Fsp3) is 0.857. The lowest BCUT2D eigenvalue weighted by molar-refractivity contribution is -0.214. The van der Waals surface area contributed by atoms with E-state index in [2.05, 4.69) is 22.4 Å². The van der Waals surface area contributed by atoms with Crippen molar-refractivity contribution in [2.45, 2.75) is 37.6 Å². The molecule has 5 atom stereocenters. The molecular weight excluding hydrogens is 194 g/mol. The van der Waals surface area contributed by atoms with Crippen LogP contribution in [0.3, 0.4) is 0 Å². The number of nitrogens with zero attached hydrogens (tertiary/aromatic N) is 1. The van der Waals surface area contributed by atoms with E-state index in [1.165, 1.54) is 0 Å². The molecule has 1 rings (SSSR count). The van der Waals surface area contributed by atoms with Crippen LogP contribution < -0.4 is 0 Å². The maximum Gasteiger partial charge on any atom is 0.186 e. The lowest BCUT2D eigenvalue weighted by atomic mass is 9.99. The van der Waals surface area contributed by atoms with E-state index in [-0.39, 0.29) is 0 Å². The molecule has 1 aliphatic rings. The summed E-state index contributed by atoms with van der Waals surface area (Å²) in [5.41, 5.74) is 0. The Morgan fingerprint density at radius 2 is 1.85 bits per heavy atom. The van der Waals surface area contributed by atoms with Crippen LogP contribution in [0.15, 0.2) is 4.99 Å². The van der Waals surface area contributed by atoms with Crippen LogP contribution in [0.1, 0.15) is 6.92 Å². The molecule has 1 saturated heterocycles. The highest BCUT2D eigenvalue weighted by Gasteiger charge is 2.41. The van der Waals surface area contributed by atoms with Crippen molar-refractivity contribution in [3.8, 4) is 0 Å². The molecule has 3 N–H and O–H groups in total. The molecule has 0 aromatic carbocycles. The minimum atomic E-state index is -1.26. The van der Waals surface area contributed by atoms with Crippen LogP contribution in [-0.4, -0.2) is 51.1 Å². The zero-order valence-electron chi connectivity index (χ0n) is 6.99. The summed E-state index contributed by atoms with van der Waals surface area (Å²) < 4.78 is 5.07. The van der Waals surface area contributed by atoms with Crippen LogP contribution in [0.25, 0.3) is 0 Å². The Kier molecular flexibility index (Phi) is 3.49. The van der Waals surface area contributed by atoms with Gasteiger partial charge in [-0.1, -0.05) is 0 Å². The van der Waals surface area contributed by atoms with Gasteiger partial charge in [0.25, 0.3) is 0 Å². The number of isothiocyanates is 1. The van der Waals surface area contributed by atoms with Gasteiger partial charge >= 0.3 is 0 Å². The quantitative estimate of drug-likeness (QED) is 0.374. The second-order valence-corrected chi connectivity index (χ2v) is 3.11. The molecule has 0 aromatic rings. The van der Waals surface area contributed by atoms with Crippen LogP contribution in [0.5, 0.6) is 0 Å². The van der Waals surface area contributed by atoms with E-state index in [1.807, 2.05) is 0 Å². The molecule has 0 spiro atoms. The molecule has 0 bridgehead atoms. The fourth-order valence-corrected chi connectivity index (χ4v) is 1.29. The predicted octanol–water partition coefficient (Wildman–Crippen LogP) is -1.08. The summed E-state index contributed by atoms with van der Waals surface area (Å²) in [5.74, 6) is 0. The van der Waals surface area contributed by atoms with Crippen molar-refractivity contribution in [1.82, 2.24) is 0 Å². The molecule has 0 amide bonds. The van der Waals surface area contributed by atoms with E-state index >= 15 is 0 Å². The number of hydrogen-bond acceptors (Lipinski definition) is 6. The average molecular weight is 205 g/mol. The van der Waals surface area contributed by atoms with E-state index in [4.69, 9.17) is 4.74 Å². The number of rotatable bonds is 1. The van der Waals surface area contributed by atoms with Crippen LogP contribution in [0.4, 0.5) is 0 Å². The number of aliphatic imine (C=N–C) groups is 1.